The summed E-state index contributed by atoms with van der Waals surface area (Å²) >= 11 is 1.63. The molecule has 0 fully saturated rings. The molecule has 26 heavy (non-hydrogen) atoms. The summed E-state index contributed by atoms with van der Waals surface area (Å²) in [7, 11) is 0. The summed E-state index contributed by atoms with van der Waals surface area (Å²) in [6, 6.07) is 16.1. The SMILES string of the molecule is CSc1ccc(C2NC(=O)NC(C)=C2C(=O)O[CH]c2ccccc2)cc1. The fourth-order valence-corrected chi connectivity index (χ4v) is 3.14. The maximum atomic E-state index is 12.7. The first-order valence-corrected chi connectivity index (χ1v) is 9.32. The van der Waals surface area contributed by atoms with E-state index in [2.05, 4.69) is 10.6 Å². The molecule has 1 atom stereocenters. The van der Waals surface area contributed by atoms with Gasteiger partial charge >= 0.3 is 12.0 Å². The Labute approximate surface area is 156 Å². The van der Waals surface area contributed by atoms with Crippen LogP contribution in [0.5, 0.6) is 0 Å². The highest BCUT2D eigenvalue weighted by Crippen LogP contribution is 2.29. The third-order valence-electron chi connectivity index (χ3n) is 4.04. The quantitative estimate of drug-likeness (QED) is 0.623. The van der Waals surface area contributed by atoms with Crippen molar-refractivity contribution in [3.63, 3.8) is 0 Å². The van der Waals surface area contributed by atoms with Crippen LogP contribution in [-0.4, -0.2) is 18.3 Å². The van der Waals surface area contributed by atoms with E-state index in [4.69, 9.17) is 4.74 Å². The summed E-state index contributed by atoms with van der Waals surface area (Å²) < 4.78 is 5.35. The number of carbonyl (C=O) groups excluding carboxylic acids is 2. The molecule has 2 aromatic rings. The molecule has 0 saturated heterocycles. The smallest absolute Gasteiger partial charge is 0.339 e. The van der Waals surface area contributed by atoms with Gasteiger partial charge in [0.05, 0.1) is 11.6 Å². The van der Waals surface area contributed by atoms with E-state index in [0.717, 1.165) is 16.0 Å². The van der Waals surface area contributed by atoms with Gasteiger partial charge in [0.15, 0.2) is 6.61 Å². The van der Waals surface area contributed by atoms with Crippen molar-refractivity contribution in [1.29, 1.82) is 0 Å². The standard InChI is InChI=1S/C20H19N2O3S/c1-13-17(19(23)25-12-14-6-4-3-5-7-14)18(22-20(24)21-13)15-8-10-16(26-2)11-9-15/h3-12,18H,1-2H3,(H2,21,22,24). The zero-order valence-electron chi connectivity index (χ0n) is 14.5. The van der Waals surface area contributed by atoms with Crippen LogP contribution in [-0.2, 0) is 9.53 Å². The number of thioether (sulfide) groups is 1. The van der Waals surface area contributed by atoms with E-state index < -0.39 is 12.0 Å². The molecule has 0 aromatic heterocycles. The minimum Gasteiger partial charge on any atom is -0.450 e. The fraction of sp³-hybridized carbons (Fsp3) is 0.150. The normalized spacial score (nSPS) is 16.7. The number of hydrogen-bond donors (Lipinski definition) is 2. The highest BCUT2D eigenvalue weighted by molar-refractivity contribution is 7.98. The van der Waals surface area contributed by atoms with Crippen LogP contribution in [0, 0.1) is 6.61 Å². The van der Waals surface area contributed by atoms with Gasteiger partial charge in [-0.3, -0.25) is 0 Å². The lowest BCUT2D eigenvalue weighted by Gasteiger charge is -2.28. The molecule has 1 unspecified atom stereocenters. The summed E-state index contributed by atoms with van der Waals surface area (Å²) in [6.45, 7) is 3.11. The zero-order chi connectivity index (χ0) is 18.5. The third-order valence-corrected chi connectivity index (χ3v) is 4.78. The minimum atomic E-state index is -0.559. The molecule has 1 aliphatic rings. The Hall–Kier alpha value is -2.73. The first kappa shape index (κ1) is 18.1. The number of carbonyl (C=O) groups is 2. The molecule has 5 nitrogen and oxygen atoms in total. The summed E-state index contributed by atoms with van der Waals surface area (Å²) in [5, 5.41) is 5.44. The second kappa shape index (κ2) is 8.10. The number of benzene rings is 2. The maximum Gasteiger partial charge on any atom is 0.339 e. The van der Waals surface area contributed by atoms with Crippen molar-refractivity contribution in [2.24, 2.45) is 0 Å². The average molecular weight is 367 g/mol. The maximum absolute atomic E-state index is 12.7. The molecular formula is C20H19N2O3S. The van der Waals surface area contributed by atoms with Crippen molar-refractivity contribution in [2.45, 2.75) is 17.9 Å². The number of urea groups is 1. The van der Waals surface area contributed by atoms with E-state index in [0.29, 0.717) is 11.3 Å². The molecule has 1 heterocycles. The largest absolute Gasteiger partial charge is 0.450 e. The van der Waals surface area contributed by atoms with Crippen LogP contribution in [0.25, 0.3) is 0 Å². The van der Waals surface area contributed by atoms with Gasteiger partial charge in [0.25, 0.3) is 0 Å². The topological polar surface area (TPSA) is 67.4 Å². The number of rotatable bonds is 5. The fourth-order valence-electron chi connectivity index (χ4n) is 2.73. The van der Waals surface area contributed by atoms with E-state index in [9.17, 15) is 9.59 Å². The Kier molecular flexibility index (Phi) is 5.63. The molecule has 1 radical (unpaired) electrons. The number of hydrogen-bond acceptors (Lipinski definition) is 4. The molecule has 133 valence electrons. The molecule has 0 aliphatic carbocycles. The third kappa shape index (κ3) is 4.08. The van der Waals surface area contributed by atoms with Crippen LogP contribution in [0.3, 0.4) is 0 Å². The van der Waals surface area contributed by atoms with E-state index in [1.165, 1.54) is 6.61 Å². The van der Waals surface area contributed by atoms with Gasteiger partial charge in [-0.2, -0.15) is 0 Å². The lowest BCUT2D eigenvalue weighted by atomic mass is 9.95. The lowest BCUT2D eigenvalue weighted by molar-refractivity contribution is -0.135. The number of amides is 2. The van der Waals surface area contributed by atoms with Gasteiger partial charge in [-0.1, -0.05) is 42.5 Å². The van der Waals surface area contributed by atoms with Gasteiger partial charge in [-0.15, -0.1) is 11.8 Å². The van der Waals surface area contributed by atoms with E-state index >= 15 is 0 Å². The van der Waals surface area contributed by atoms with Crippen molar-refractivity contribution in [2.75, 3.05) is 6.26 Å². The van der Waals surface area contributed by atoms with Gasteiger partial charge < -0.3 is 15.4 Å². The molecular weight excluding hydrogens is 348 g/mol. The van der Waals surface area contributed by atoms with Crippen molar-refractivity contribution >= 4 is 23.8 Å². The molecule has 2 amide bonds. The Balaban J connectivity index is 1.83. The van der Waals surface area contributed by atoms with Crippen molar-refractivity contribution in [3.8, 4) is 0 Å². The first-order valence-electron chi connectivity index (χ1n) is 8.10. The molecule has 0 saturated carbocycles. The molecule has 2 N–H and O–H groups in total. The highest BCUT2D eigenvalue weighted by Gasteiger charge is 2.32. The minimum absolute atomic E-state index is 0.343. The highest BCUT2D eigenvalue weighted by atomic mass is 32.2. The second-order valence-electron chi connectivity index (χ2n) is 5.78. The van der Waals surface area contributed by atoms with Crippen molar-refractivity contribution < 1.29 is 14.3 Å². The second-order valence-corrected chi connectivity index (χ2v) is 6.66. The summed E-state index contributed by atoms with van der Waals surface area (Å²) in [5.74, 6) is -0.502. The number of ether oxygens (including phenoxy) is 1. The van der Waals surface area contributed by atoms with Crippen LogP contribution < -0.4 is 10.6 Å². The van der Waals surface area contributed by atoms with Crippen LogP contribution in [0.1, 0.15) is 24.1 Å². The zero-order valence-corrected chi connectivity index (χ0v) is 15.3. The lowest BCUT2D eigenvalue weighted by Crippen LogP contribution is -2.45. The van der Waals surface area contributed by atoms with Gasteiger partial charge in [0.1, 0.15) is 0 Å². The molecule has 6 heteroatoms. The molecule has 2 aromatic carbocycles. The molecule has 3 rings (SSSR count). The number of esters is 1. The predicted octanol–water partition coefficient (Wildman–Crippen LogP) is 3.79. The summed E-state index contributed by atoms with van der Waals surface area (Å²) in [4.78, 5) is 25.7. The van der Waals surface area contributed by atoms with Crippen LogP contribution in [0.4, 0.5) is 4.79 Å². The van der Waals surface area contributed by atoms with E-state index in [1.807, 2.05) is 60.9 Å². The number of nitrogens with one attached hydrogen (secondary N) is 2. The Morgan fingerprint density at radius 1 is 1.12 bits per heavy atom. The summed E-state index contributed by atoms with van der Waals surface area (Å²) in [6.07, 6.45) is 1.99. The Morgan fingerprint density at radius 3 is 2.46 bits per heavy atom. The molecule has 1 aliphatic heterocycles. The predicted molar refractivity (Wildman–Crippen MR) is 101 cm³/mol. The van der Waals surface area contributed by atoms with Gasteiger partial charge in [0, 0.05) is 10.6 Å². The van der Waals surface area contributed by atoms with Crippen LogP contribution >= 0.6 is 11.8 Å². The van der Waals surface area contributed by atoms with Crippen LogP contribution in [0.15, 0.2) is 70.8 Å². The van der Waals surface area contributed by atoms with Gasteiger partial charge in [-0.25, -0.2) is 9.59 Å². The van der Waals surface area contributed by atoms with Crippen molar-refractivity contribution in [3.05, 3.63) is 83.6 Å². The monoisotopic (exact) mass is 367 g/mol. The first-order chi connectivity index (χ1) is 12.6. The van der Waals surface area contributed by atoms with Crippen molar-refractivity contribution in [1.82, 2.24) is 10.6 Å². The number of allylic oxidation sites excluding steroid dienone is 1. The molecule has 0 spiro atoms. The Morgan fingerprint density at radius 2 is 1.81 bits per heavy atom. The van der Waals surface area contributed by atoms with Gasteiger partial charge in [-0.05, 0) is 36.4 Å². The average Bonchev–Trinajstić information content (AvgIpc) is 2.66. The van der Waals surface area contributed by atoms with Crippen LogP contribution in [0.2, 0.25) is 0 Å². The van der Waals surface area contributed by atoms with E-state index in [1.54, 1.807) is 18.7 Å². The Bertz CT molecular complexity index is 832. The molecule has 0 bridgehead atoms. The van der Waals surface area contributed by atoms with Gasteiger partial charge in [0.2, 0.25) is 0 Å². The summed E-state index contributed by atoms with van der Waals surface area (Å²) in [5.41, 5.74) is 2.48. The van der Waals surface area contributed by atoms with E-state index in [-0.39, 0.29) is 6.03 Å².